The van der Waals surface area contributed by atoms with Crippen LogP contribution in [0.2, 0.25) is 0 Å². The Bertz CT molecular complexity index is 485. The average Bonchev–Trinajstić information content (AvgIpc) is 3.02. The van der Waals surface area contributed by atoms with Crippen LogP contribution in [0.15, 0.2) is 18.2 Å². The molecule has 1 atom stereocenters. The lowest BCUT2D eigenvalue weighted by Gasteiger charge is -2.11. The van der Waals surface area contributed by atoms with Gasteiger partial charge in [-0.05, 0) is 49.8 Å². The highest BCUT2D eigenvalue weighted by Gasteiger charge is 2.14. The zero-order chi connectivity index (χ0) is 15.8. The van der Waals surface area contributed by atoms with Gasteiger partial charge in [-0.15, -0.1) is 0 Å². The first-order valence-corrected chi connectivity index (χ1v) is 7.96. The van der Waals surface area contributed by atoms with E-state index in [4.69, 9.17) is 9.47 Å². The Morgan fingerprint density at radius 2 is 2.18 bits per heavy atom. The van der Waals surface area contributed by atoms with Crippen LogP contribution >= 0.6 is 0 Å². The number of hydrogen-bond acceptors (Lipinski definition) is 3. The van der Waals surface area contributed by atoms with E-state index in [1.54, 1.807) is 7.11 Å². The summed E-state index contributed by atoms with van der Waals surface area (Å²) in [6.07, 6.45) is 4.24. The molecule has 5 nitrogen and oxygen atoms in total. The average molecular weight is 306 g/mol. The topological polar surface area (TPSA) is 59.6 Å². The first-order valence-electron chi connectivity index (χ1n) is 7.96. The Morgan fingerprint density at radius 3 is 2.91 bits per heavy atom. The zero-order valence-electron chi connectivity index (χ0n) is 13.5. The molecule has 0 saturated carbocycles. The second kappa shape index (κ2) is 8.63. The van der Waals surface area contributed by atoms with Gasteiger partial charge in [0.15, 0.2) is 0 Å². The van der Waals surface area contributed by atoms with Crippen molar-refractivity contribution >= 4 is 6.03 Å². The third kappa shape index (κ3) is 5.22. The van der Waals surface area contributed by atoms with E-state index in [0.29, 0.717) is 19.2 Å². The highest BCUT2D eigenvalue weighted by Crippen LogP contribution is 2.19. The predicted octanol–water partition coefficient (Wildman–Crippen LogP) is 2.41. The van der Waals surface area contributed by atoms with E-state index in [9.17, 15) is 4.79 Å². The van der Waals surface area contributed by atoms with Gasteiger partial charge in [-0.2, -0.15) is 0 Å². The van der Waals surface area contributed by atoms with Crippen molar-refractivity contribution in [3.63, 3.8) is 0 Å². The Labute approximate surface area is 132 Å². The van der Waals surface area contributed by atoms with Gasteiger partial charge in [-0.25, -0.2) is 4.79 Å². The summed E-state index contributed by atoms with van der Waals surface area (Å²) in [5.41, 5.74) is 2.27. The number of amides is 2. The molecule has 1 fully saturated rings. The molecule has 2 rings (SSSR count). The molecule has 1 aliphatic heterocycles. The number of benzene rings is 1. The first-order chi connectivity index (χ1) is 10.7. The third-order valence-corrected chi connectivity index (χ3v) is 3.95. The van der Waals surface area contributed by atoms with E-state index in [2.05, 4.69) is 16.7 Å². The highest BCUT2D eigenvalue weighted by atomic mass is 16.5. The maximum Gasteiger partial charge on any atom is 0.314 e. The number of ether oxygens (including phenoxy) is 2. The van der Waals surface area contributed by atoms with Gasteiger partial charge < -0.3 is 20.1 Å². The van der Waals surface area contributed by atoms with E-state index < -0.39 is 0 Å². The summed E-state index contributed by atoms with van der Waals surface area (Å²) in [5, 5.41) is 5.75. The molecular formula is C17H26N2O3. The third-order valence-electron chi connectivity index (χ3n) is 3.95. The molecule has 0 bridgehead atoms. The number of hydrogen-bond donors (Lipinski definition) is 2. The number of urea groups is 1. The maximum absolute atomic E-state index is 11.7. The van der Waals surface area contributed by atoms with E-state index in [-0.39, 0.29) is 6.03 Å². The Hall–Kier alpha value is -1.75. The van der Waals surface area contributed by atoms with E-state index in [1.807, 2.05) is 19.1 Å². The molecule has 2 N–H and O–H groups in total. The fourth-order valence-corrected chi connectivity index (χ4v) is 2.62. The molecule has 1 aromatic carbocycles. The predicted molar refractivity (Wildman–Crippen MR) is 86.4 cm³/mol. The SMILES string of the molecule is COc1cc(CCNC(=O)NCCC2CCCO2)ccc1C. The molecule has 1 aromatic rings. The van der Waals surface area contributed by atoms with Crippen LogP contribution in [0.4, 0.5) is 4.79 Å². The summed E-state index contributed by atoms with van der Waals surface area (Å²) < 4.78 is 10.8. The summed E-state index contributed by atoms with van der Waals surface area (Å²) in [6, 6.07) is 6.01. The van der Waals surface area contributed by atoms with Crippen LogP contribution in [0.3, 0.4) is 0 Å². The molecule has 0 aromatic heterocycles. The lowest BCUT2D eigenvalue weighted by Crippen LogP contribution is -2.37. The summed E-state index contributed by atoms with van der Waals surface area (Å²) >= 11 is 0. The summed E-state index contributed by atoms with van der Waals surface area (Å²) in [4.78, 5) is 11.7. The molecule has 0 radical (unpaired) electrons. The van der Waals surface area contributed by atoms with Gasteiger partial charge in [0, 0.05) is 19.7 Å². The summed E-state index contributed by atoms with van der Waals surface area (Å²) in [7, 11) is 1.67. The lowest BCUT2D eigenvalue weighted by atomic mass is 10.1. The van der Waals surface area contributed by atoms with Crippen LogP contribution in [0.1, 0.15) is 30.4 Å². The summed E-state index contributed by atoms with van der Waals surface area (Å²) in [6.45, 7) is 4.14. The minimum atomic E-state index is -0.114. The number of rotatable bonds is 7. The second-order valence-corrected chi connectivity index (χ2v) is 5.66. The normalized spacial score (nSPS) is 17.3. The van der Waals surface area contributed by atoms with E-state index >= 15 is 0 Å². The van der Waals surface area contributed by atoms with E-state index in [0.717, 1.165) is 49.2 Å². The molecule has 1 saturated heterocycles. The first kappa shape index (κ1) is 16.6. The fourth-order valence-electron chi connectivity index (χ4n) is 2.62. The van der Waals surface area contributed by atoms with Gasteiger partial charge in [0.2, 0.25) is 0 Å². The van der Waals surface area contributed by atoms with Crippen molar-refractivity contribution < 1.29 is 14.3 Å². The Morgan fingerprint density at radius 1 is 1.36 bits per heavy atom. The maximum atomic E-state index is 11.7. The minimum Gasteiger partial charge on any atom is -0.496 e. The van der Waals surface area contributed by atoms with Crippen LogP contribution in [-0.4, -0.2) is 38.9 Å². The second-order valence-electron chi connectivity index (χ2n) is 5.66. The van der Waals surface area contributed by atoms with Crippen LogP contribution in [0, 0.1) is 6.92 Å². The van der Waals surface area contributed by atoms with Gasteiger partial charge in [-0.1, -0.05) is 12.1 Å². The van der Waals surface area contributed by atoms with Crippen molar-refractivity contribution in [1.29, 1.82) is 0 Å². The van der Waals surface area contributed by atoms with Crippen molar-refractivity contribution in [2.24, 2.45) is 0 Å². The Kier molecular flexibility index (Phi) is 6.52. The van der Waals surface area contributed by atoms with E-state index in [1.165, 1.54) is 0 Å². The number of nitrogens with one attached hydrogen (secondary N) is 2. The number of carbonyl (C=O) groups excluding carboxylic acids is 1. The van der Waals surface area contributed by atoms with Crippen molar-refractivity contribution in [1.82, 2.24) is 10.6 Å². The molecule has 122 valence electrons. The lowest BCUT2D eigenvalue weighted by molar-refractivity contribution is 0.104. The largest absolute Gasteiger partial charge is 0.496 e. The molecule has 2 amide bonds. The van der Waals surface area contributed by atoms with Gasteiger partial charge in [0.05, 0.1) is 13.2 Å². The molecule has 5 heteroatoms. The number of methoxy groups -OCH3 is 1. The van der Waals surface area contributed by atoms with Crippen LogP contribution in [0.5, 0.6) is 5.75 Å². The molecule has 1 unspecified atom stereocenters. The summed E-state index contributed by atoms with van der Waals surface area (Å²) in [5.74, 6) is 0.888. The molecular weight excluding hydrogens is 280 g/mol. The van der Waals surface area contributed by atoms with Crippen LogP contribution in [0.25, 0.3) is 0 Å². The monoisotopic (exact) mass is 306 g/mol. The standard InChI is InChI=1S/C17H26N2O3/c1-13-5-6-14(12-16(13)21-2)7-9-18-17(20)19-10-8-15-4-3-11-22-15/h5-6,12,15H,3-4,7-11H2,1-2H3,(H2,18,19,20). The van der Waals surface area contributed by atoms with Crippen molar-refractivity contribution in [3.8, 4) is 5.75 Å². The molecule has 1 aliphatic rings. The fraction of sp³-hybridized carbons (Fsp3) is 0.588. The number of carbonyl (C=O) groups is 1. The zero-order valence-corrected chi connectivity index (χ0v) is 13.5. The van der Waals surface area contributed by atoms with Crippen molar-refractivity contribution in [2.75, 3.05) is 26.8 Å². The molecule has 1 heterocycles. The Balaban J connectivity index is 1.62. The molecule has 0 aliphatic carbocycles. The van der Waals surface area contributed by atoms with Crippen LogP contribution < -0.4 is 15.4 Å². The smallest absolute Gasteiger partial charge is 0.314 e. The molecule has 22 heavy (non-hydrogen) atoms. The van der Waals surface area contributed by atoms with Crippen molar-refractivity contribution in [2.45, 2.75) is 38.7 Å². The highest BCUT2D eigenvalue weighted by molar-refractivity contribution is 5.73. The minimum absolute atomic E-state index is 0.114. The number of aryl methyl sites for hydroxylation is 1. The van der Waals surface area contributed by atoms with Gasteiger partial charge >= 0.3 is 6.03 Å². The molecule has 0 spiro atoms. The quantitative estimate of drug-likeness (QED) is 0.813. The van der Waals surface area contributed by atoms with Gasteiger partial charge in [0.25, 0.3) is 0 Å². The van der Waals surface area contributed by atoms with Gasteiger partial charge in [-0.3, -0.25) is 0 Å². The van der Waals surface area contributed by atoms with Gasteiger partial charge in [0.1, 0.15) is 5.75 Å². The van der Waals surface area contributed by atoms with Crippen LogP contribution in [-0.2, 0) is 11.2 Å². The van der Waals surface area contributed by atoms with Crippen molar-refractivity contribution in [3.05, 3.63) is 29.3 Å².